The molecule has 33 heavy (non-hydrogen) atoms. The Hall–Kier alpha value is -3.29. The molecule has 178 valence electrons. The van der Waals surface area contributed by atoms with Crippen molar-refractivity contribution < 1.29 is 33.7 Å². The standard InChI is InChI=1S/C25H31NO7/c1-7-13(3)33-25(30)20-14(4)26-16-10-12(2)19(24(29)32-6)23(28)22(16)21(20)15-8-9-18(31-5)17(27)11-15/h8-9,11-13,19,21,26-27H,7,10H2,1-6H3. The van der Waals surface area contributed by atoms with E-state index in [1.54, 1.807) is 26.0 Å². The molecular weight excluding hydrogens is 426 g/mol. The predicted molar refractivity (Wildman–Crippen MR) is 120 cm³/mol. The van der Waals surface area contributed by atoms with Gasteiger partial charge in [0.25, 0.3) is 0 Å². The summed E-state index contributed by atoms with van der Waals surface area (Å²) in [5, 5.41) is 13.6. The second-order valence-electron chi connectivity index (χ2n) is 8.59. The summed E-state index contributed by atoms with van der Waals surface area (Å²) in [6.45, 7) is 7.29. The van der Waals surface area contributed by atoms with Crippen molar-refractivity contribution >= 4 is 17.7 Å². The zero-order chi connectivity index (χ0) is 24.4. The Balaban J connectivity index is 2.19. The third-order valence-corrected chi connectivity index (χ3v) is 6.38. The number of rotatable bonds is 6. The van der Waals surface area contributed by atoms with Gasteiger partial charge in [0, 0.05) is 22.9 Å². The smallest absolute Gasteiger partial charge is 0.337 e. The van der Waals surface area contributed by atoms with Crippen molar-refractivity contribution in [3.05, 3.63) is 46.3 Å². The molecule has 1 aromatic rings. The molecular formula is C25H31NO7. The minimum atomic E-state index is -0.977. The number of phenolic OH excluding ortho intramolecular Hbond substituents is 1. The molecule has 2 aliphatic rings. The van der Waals surface area contributed by atoms with E-state index in [1.807, 2.05) is 13.8 Å². The molecule has 0 spiro atoms. The summed E-state index contributed by atoms with van der Waals surface area (Å²) in [6, 6.07) is 4.75. The second-order valence-corrected chi connectivity index (χ2v) is 8.59. The van der Waals surface area contributed by atoms with Gasteiger partial charge in [-0.25, -0.2) is 4.79 Å². The molecule has 0 amide bonds. The molecule has 8 heteroatoms. The van der Waals surface area contributed by atoms with Crippen LogP contribution in [-0.2, 0) is 23.9 Å². The van der Waals surface area contributed by atoms with Crippen LogP contribution in [0, 0.1) is 11.8 Å². The van der Waals surface area contributed by atoms with Crippen LogP contribution in [0.5, 0.6) is 11.5 Å². The van der Waals surface area contributed by atoms with Gasteiger partial charge in [-0.3, -0.25) is 9.59 Å². The highest BCUT2D eigenvalue weighted by molar-refractivity contribution is 6.12. The molecule has 0 bridgehead atoms. The summed E-state index contributed by atoms with van der Waals surface area (Å²) in [6.07, 6.45) is 0.752. The van der Waals surface area contributed by atoms with Crippen molar-refractivity contribution in [2.24, 2.45) is 11.8 Å². The van der Waals surface area contributed by atoms with Crippen LogP contribution in [0.25, 0.3) is 0 Å². The number of nitrogens with one attached hydrogen (secondary N) is 1. The van der Waals surface area contributed by atoms with E-state index in [1.165, 1.54) is 20.3 Å². The first-order chi connectivity index (χ1) is 15.6. The largest absolute Gasteiger partial charge is 0.504 e. The van der Waals surface area contributed by atoms with Crippen LogP contribution in [0.1, 0.15) is 52.0 Å². The summed E-state index contributed by atoms with van der Waals surface area (Å²) in [4.78, 5) is 39.4. The van der Waals surface area contributed by atoms with Gasteiger partial charge in [-0.05, 0) is 50.3 Å². The van der Waals surface area contributed by atoms with E-state index >= 15 is 0 Å². The summed E-state index contributed by atoms with van der Waals surface area (Å²) in [5.74, 6) is -3.48. The molecule has 0 fully saturated rings. The number of ether oxygens (including phenoxy) is 3. The molecule has 0 saturated heterocycles. The van der Waals surface area contributed by atoms with Crippen LogP contribution in [0.15, 0.2) is 40.7 Å². The van der Waals surface area contributed by atoms with E-state index in [-0.39, 0.29) is 29.1 Å². The molecule has 4 unspecified atom stereocenters. The van der Waals surface area contributed by atoms with E-state index in [2.05, 4.69) is 5.32 Å². The van der Waals surface area contributed by atoms with Crippen LogP contribution in [0.4, 0.5) is 0 Å². The molecule has 8 nitrogen and oxygen atoms in total. The quantitative estimate of drug-likeness (QED) is 0.494. The average molecular weight is 458 g/mol. The maximum atomic E-state index is 13.7. The maximum Gasteiger partial charge on any atom is 0.337 e. The number of benzene rings is 1. The fourth-order valence-corrected chi connectivity index (χ4v) is 4.50. The lowest BCUT2D eigenvalue weighted by Crippen LogP contribution is -2.43. The number of allylic oxidation sites excluding steroid dienone is 3. The number of phenols is 1. The number of hydrogen-bond donors (Lipinski definition) is 2. The van der Waals surface area contributed by atoms with Crippen molar-refractivity contribution in [3.63, 3.8) is 0 Å². The molecule has 0 saturated carbocycles. The molecule has 4 atom stereocenters. The zero-order valence-corrected chi connectivity index (χ0v) is 19.9. The van der Waals surface area contributed by atoms with E-state index in [4.69, 9.17) is 14.2 Å². The van der Waals surface area contributed by atoms with Crippen LogP contribution >= 0.6 is 0 Å². The summed E-state index contributed by atoms with van der Waals surface area (Å²) in [5.41, 5.74) is 2.33. The lowest BCUT2D eigenvalue weighted by molar-refractivity contribution is -0.151. The minimum Gasteiger partial charge on any atom is -0.504 e. The van der Waals surface area contributed by atoms with E-state index in [9.17, 15) is 19.5 Å². The van der Waals surface area contributed by atoms with E-state index in [0.717, 1.165) is 0 Å². The topological polar surface area (TPSA) is 111 Å². The molecule has 0 radical (unpaired) electrons. The first-order valence-corrected chi connectivity index (χ1v) is 11.0. The SMILES string of the molecule is CCC(C)OC(=O)C1=C(C)NC2=C(C(=O)C(C(=O)OC)C(C)C2)C1c1ccc(OC)c(O)c1. The highest BCUT2D eigenvalue weighted by Gasteiger charge is 2.47. The van der Waals surface area contributed by atoms with Crippen molar-refractivity contribution in [2.45, 2.75) is 52.6 Å². The Labute approximate surface area is 193 Å². The van der Waals surface area contributed by atoms with Crippen molar-refractivity contribution in [2.75, 3.05) is 14.2 Å². The van der Waals surface area contributed by atoms with E-state index in [0.29, 0.717) is 35.4 Å². The first kappa shape index (κ1) is 24.4. The third-order valence-electron chi connectivity index (χ3n) is 6.38. The number of esters is 2. The van der Waals surface area contributed by atoms with Gasteiger partial charge in [0.15, 0.2) is 17.3 Å². The molecule has 1 aromatic carbocycles. The molecule has 3 rings (SSSR count). The van der Waals surface area contributed by atoms with Crippen LogP contribution in [0.2, 0.25) is 0 Å². The summed E-state index contributed by atoms with van der Waals surface area (Å²) >= 11 is 0. The Morgan fingerprint density at radius 3 is 2.55 bits per heavy atom. The molecule has 2 N–H and O–H groups in total. The van der Waals surface area contributed by atoms with Gasteiger partial charge < -0.3 is 24.6 Å². The van der Waals surface area contributed by atoms with Crippen molar-refractivity contribution in [1.82, 2.24) is 5.32 Å². The van der Waals surface area contributed by atoms with Crippen LogP contribution in [0.3, 0.4) is 0 Å². The average Bonchev–Trinajstić information content (AvgIpc) is 2.77. The highest BCUT2D eigenvalue weighted by Crippen LogP contribution is 2.46. The van der Waals surface area contributed by atoms with E-state index < -0.39 is 29.6 Å². The van der Waals surface area contributed by atoms with Gasteiger partial charge >= 0.3 is 11.9 Å². The Bertz CT molecular complexity index is 1040. The number of aromatic hydroxyl groups is 1. The first-order valence-electron chi connectivity index (χ1n) is 11.0. The number of methoxy groups -OCH3 is 2. The normalized spacial score (nSPS) is 23.5. The molecule has 0 aromatic heterocycles. The molecule has 1 aliphatic carbocycles. The van der Waals surface area contributed by atoms with Crippen molar-refractivity contribution in [1.29, 1.82) is 0 Å². The predicted octanol–water partition coefficient (Wildman–Crippen LogP) is 3.36. The Kier molecular flexibility index (Phi) is 7.15. The lowest BCUT2D eigenvalue weighted by atomic mass is 9.69. The lowest BCUT2D eigenvalue weighted by Gasteiger charge is -2.38. The maximum absolute atomic E-state index is 13.7. The van der Waals surface area contributed by atoms with Gasteiger partial charge in [-0.15, -0.1) is 0 Å². The van der Waals surface area contributed by atoms with Gasteiger partial charge in [-0.2, -0.15) is 0 Å². The number of carbonyl (C=O) groups is 3. The van der Waals surface area contributed by atoms with Crippen LogP contribution in [-0.4, -0.2) is 43.2 Å². The number of dihydropyridines is 1. The zero-order valence-electron chi connectivity index (χ0n) is 19.9. The Morgan fingerprint density at radius 2 is 1.97 bits per heavy atom. The number of carbonyl (C=O) groups excluding carboxylic acids is 3. The summed E-state index contributed by atoms with van der Waals surface area (Å²) < 4.78 is 15.7. The van der Waals surface area contributed by atoms with Gasteiger partial charge in [0.1, 0.15) is 5.92 Å². The molecule has 1 heterocycles. The summed E-state index contributed by atoms with van der Waals surface area (Å²) in [7, 11) is 2.69. The fourth-order valence-electron chi connectivity index (χ4n) is 4.50. The molecule has 1 aliphatic heterocycles. The van der Waals surface area contributed by atoms with Gasteiger partial charge in [-0.1, -0.05) is 19.9 Å². The monoisotopic (exact) mass is 457 g/mol. The number of Topliss-reactive ketones (excluding diaryl/α,β-unsaturated/α-hetero) is 1. The van der Waals surface area contributed by atoms with Gasteiger partial charge in [0.2, 0.25) is 0 Å². The Morgan fingerprint density at radius 1 is 1.27 bits per heavy atom. The minimum absolute atomic E-state index is 0.121. The van der Waals surface area contributed by atoms with Crippen LogP contribution < -0.4 is 10.1 Å². The second kappa shape index (κ2) is 9.68. The third kappa shape index (κ3) is 4.47. The number of hydrogen-bond acceptors (Lipinski definition) is 8. The highest BCUT2D eigenvalue weighted by atomic mass is 16.5. The fraction of sp³-hybridized carbons (Fsp3) is 0.480. The van der Waals surface area contributed by atoms with Gasteiger partial charge in [0.05, 0.1) is 25.9 Å². The number of ketones is 1. The van der Waals surface area contributed by atoms with Crippen molar-refractivity contribution in [3.8, 4) is 11.5 Å².